The molecule has 1 fully saturated rings. The van der Waals surface area contributed by atoms with E-state index in [-0.39, 0.29) is 6.04 Å². The molecule has 0 aliphatic heterocycles. The highest BCUT2D eigenvalue weighted by atomic mass is 16.1. The summed E-state index contributed by atoms with van der Waals surface area (Å²) in [4.78, 5) is 11.6. The first-order valence-corrected chi connectivity index (χ1v) is 5.44. The van der Waals surface area contributed by atoms with Crippen LogP contribution < -0.4 is 5.32 Å². The Bertz CT molecular complexity index is 173. The maximum absolute atomic E-state index is 11.6. The summed E-state index contributed by atoms with van der Waals surface area (Å²) in [5.41, 5.74) is 0. The molecule has 0 aromatic heterocycles. The van der Waals surface area contributed by atoms with Crippen molar-refractivity contribution in [3.8, 4) is 0 Å². The van der Waals surface area contributed by atoms with Gasteiger partial charge in [-0.15, -0.1) is 0 Å². The predicted octanol–water partition coefficient (Wildman–Crippen LogP) is 2.13. The van der Waals surface area contributed by atoms with Gasteiger partial charge in [0.25, 0.3) is 0 Å². The minimum Gasteiger partial charge on any atom is -0.305 e. The van der Waals surface area contributed by atoms with E-state index in [0.29, 0.717) is 24.2 Å². The van der Waals surface area contributed by atoms with Gasteiger partial charge < -0.3 is 5.32 Å². The monoisotopic (exact) mass is 183 g/mol. The Kier molecular flexibility index (Phi) is 3.91. The summed E-state index contributed by atoms with van der Waals surface area (Å²) in [6.45, 7) is 6.17. The molecular formula is C11H21NO. The number of ketones is 1. The first-order valence-electron chi connectivity index (χ1n) is 5.44. The van der Waals surface area contributed by atoms with Gasteiger partial charge in [-0.05, 0) is 18.8 Å². The zero-order valence-electron chi connectivity index (χ0n) is 8.97. The molecule has 13 heavy (non-hydrogen) atoms. The number of nitrogens with one attached hydrogen (secondary N) is 1. The summed E-state index contributed by atoms with van der Waals surface area (Å²) < 4.78 is 0. The summed E-state index contributed by atoms with van der Waals surface area (Å²) in [6.07, 6.45) is 4.44. The van der Waals surface area contributed by atoms with Gasteiger partial charge in [-0.1, -0.05) is 27.2 Å². The highest BCUT2D eigenvalue weighted by Crippen LogP contribution is 2.30. The van der Waals surface area contributed by atoms with Crippen LogP contribution in [0.4, 0.5) is 0 Å². The number of hydrogen-bond acceptors (Lipinski definition) is 2. The lowest BCUT2D eigenvalue weighted by molar-refractivity contribution is -0.123. The average Bonchev–Trinajstić information content (AvgIpc) is 1.98. The molecule has 1 saturated carbocycles. The van der Waals surface area contributed by atoms with Crippen LogP contribution in [0.15, 0.2) is 0 Å². The zero-order valence-corrected chi connectivity index (χ0v) is 8.97. The molecule has 1 aliphatic rings. The second-order valence-corrected chi connectivity index (χ2v) is 4.31. The van der Waals surface area contributed by atoms with Crippen LogP contribution in [0, 0.1) is 5.92 Å². The van der Waals surface area contributed by atoms with Crippen LogP contribution in [0.3, 0.4) is 0 Å². The molecule has 1 aliphatic carbocycles. The second kappa shape index (κ2) is 4.75. The summed E-state index contributed by atoms with van der Waals surface area (Å²) >= 11 is 0. The maximum atomic E-state index is 11.6. The molecule has 0 aromatic rings. The first-order chi connectivity index (χ1) is 6.15. The smallest absolute Gasteiger partial charge is 0.149 e. The number of hydrogen-bond donors (Lipinski definition) is 1. The van der Waals surface area contributed by atoms with Crippen molar-refractivity contribution in [2.75, 3.05) is 0 Å². The Labute approximate surface area is 81.1 Å². The molecule has 1 rings (SSSR count). The fraction of sp³-hybridized carbons (Fsp3) is 0.909. The molecule has 2 heteroatoms. The van der Waals surface area contributed by atoms with E-state index >= 15 is 0 Å². The summed E-state index contributed by atoms with van der Waals surface area (Å²) in [5, 5.41) is 3.38. The molecule has 0 saturated heterocycles. The Morgan fingerprint density at radius 1 is 1.46 bits per heavy atom. The third-order valence-electron chi connectivity index (χ3n) is 2.83. The van der Waals surface area contributed by atoms with E-state index < -0.39 is 0 Å². The van der Waals surface area contributed by atoms with Crippen molar-refractivity contribution in [1.82, 2.24) is 5.32 Å². The summed E-state index contributed by atoms with van der Waals surface area (Å²) in [6, 6.07) is 0.555. The lowest BCUT2D eigenvalue weighted by Gasteiger charge is -2.34. The molecule has 1 atom stereocenters. The Morgan fingerprint density at radius 2 is 2.08 bits per heavy atom. The number of carbonyl (C=O) groups is 1. The molecule has 0 heterocycles. The molecule has 0 bridgehead atoms. The molecule has 2 nitrogen and oxygen atoms in total. The van der Waals surface area contributed by atoms with Gasteiger partial charge in [-0.3, -0.25) is 4.79 Å². The summed E-state index contributed by atoms with van der Waals surface area (Å²) in [7, 11) is 0. The largest absolute Gasteiger partial charge is 0.305 e. The molecule has 0 radical (unpaired) electrons. The van der Waals surface area contributed by atoms with Crippen molar-refractivity contribution in [1.29, 1.82) is 0 Å². The fourth-order valence-electron chi connectivity index (χ4n) is 1.84. The quantitative estimate of drug-likeness (QED) is 0.707. The van der Waals surface area contributed by atoms with Crippen molar-refractivity contribution in [3.05, 3.63) is 0 Å². The van der Waals surface area contributed by atoms with E-state index in [2.05, 4.69) is 19.2 Å². The van der Waals surface area contributed by atoms with Gasteiger partial charge in [0.15, 0.2) is 0 Å². The Morgan fingerprint density at radius 3 is 2.38 bits per heavy atom. The lowest BCUT2D eigenvalue weighted by atomic mass is 9.77. The highest BCUT2D eigenvalue weighted by Gasteiger charge is 2.31. The van der Waals surface area contributed by atoms with Gasteiger partial charge in [0, 0.05) is 12.5 Å². The van der Waals surface area contributed by atoms with Gasteiger partial charge in [0.05, 0.1) is 6.04 Å². The Balaban J connectivity index is 2.47. The van der Waals surface area contributed by atoms with Crippen LogP contribution in [0.25, 0.3) is 0 Å². The van der Waals surface area contributed by atoms with Crippen LogP contribution in [-0.4, -0.2) is 17.9 Å². The van der Waals surface area contributed by atoms with Crippen LogP contribution in [-0.2, 0) is 4.79 Å². The molecule has 0 amide bonds. The van der Waals surface area contributed by atoms with Crippen molar-refractivity contribution in [2.24, 2.45) is 5.92 Å². The van der Waals surface area contributed by atoms with Crippen LogP contribution in [0.1, 0.15) is 46.5 Å². The minimum absolute atomic E-state index is 0.138. The van der Waals surface area contributed by atoms with Crippen molar-refractivity contribution < 1.29 is 4.79 Å². The van der Waals surface area contributed by atoms with E-state index in [0.717, 1.165) is 0 Å². The third-order valence-corrected chi connectivity index (χ3v) is 2.83. The Hall–Kier alpha value is -0.370. The van der Waals surface area contributed by atoms with Gasteiger partial charge in [0.2, 0.25) is 0 Å². The number of Topliss-reactive ketones (excluding diaryl/α,β-unsaturated/α-hetero) is 1. The van der Waals surface area contributed by atoms with Crippen LogP contribution in [0.5, 0.6) is 0 Å². The third kappa shape index (κ3) is 2.80. The molecule has 0 spiro atoms. The van der Waals surface area contributed by atoms with E-state index in [9.17, 15) is 4.79 Å². The number of carbonyl (C=O) groups excluding carboxylic acids is 1. The van der Waals surface area contributed by atoms with Crippen molar-refractivity contribution in [2.45, 2.75) is 58.5 Å². The minimum atomic E-state index is 0.138. The second-order valence-electron chi connectivity index (χ2n) is 4.31. The van der Waals surface area contributed by atoms with Gasteiger partial charge >= 0.3 is 0 Å². The van der Waals surface area contributed by atoms with Crippen LogP contribution in [0.2, 0.25) is 0 Å². The fourth-order valence-corrected chi connectivity index (χ4v) is 1.84. The highest BCUT2D eigenvalue weighted by molar-refractivity contribution is 5.84. The SMILES string of the molecule is CCC(=O)[C@@H](NC(C)C)C1CCC1. The van der Waals surface area contributed by atoms with Crippen molar-refractivity contribution in [3.63, 3.8) is 0 Å². The normalized spacial score (nSPS) is 20.0. The molecule has 1 N–H and O–H groups in total. The van der Waals surface area contributed by atoms with E-state index in [1.807, 2.05) is 6.92 Å². The van der Waals surface area contributed by atoms with Gasteiger partial charge in [-0.2, -0.15) is 0 Å². The van der Waals surface area contributed by atoms with Crippen molar-refractivity contribution >= 4 is 5.78 Å². The van der Waals surface area contributed by atoms with Gasteiger partial charge in [-0.25, -0.2) is 0 Å². The molecular weight excluding hydrogens is 162 g/mol. The first kappa shape index (κ1) is 10.7. The number of rotatable bonds is 5. The van der Waals surface area contributed by atoms with Crippen LogP contribution >= 0.6 is 0 Å². The van der Waals surface area contributed by atoms with Gasteiger partial charge in [0.1, 0.15) is 5.78 Å². The zero-order chi connectivity index (χ0) is 9.84. The van der Waals surface area contributed by atoms with E-state index in [1.165, 1.54) is 19.3 Å². The molecule has 76 valence electrons. The summed E-state index contributed by atoms with van der Waals surface area (Å²) in [5.74, 6) is 1.01. The lowest BCUT2D eigenvalue weighted by Crippen LogP contribution is -2.48. The topological polar surface area (TPSA) is 29.1 Å². The maximum Gasteiger partial charge on any atom is 0.149 e. The molecule has 0 unspecified atom stereocenters. The van der Waals surface area contributed by atoms with E-state index in [4.69, 9.17) is 0 Å². The molecule has 0 aromatic carbocycles. The standard InChI is InChI=1S/C11H21NO/c1-4-10(13)11(12-8(2)3)9-6-5-7-9/h8-9,11-12H,4-7H2,1-3H3/t11-/m0/s1. The van der Waals surface area contributed by atoms with E-state index in [1.54, 1.807) is 0 Å². The predicted molar refractivity (Wildman–Crippen MR) is 54.7 cm³/mol. The average molecular weight is 183 g/mol.